The van der Waals surface area contributed by atoms with Crippen molar-refractivity contribution in [1.29, 1.82) is 0 Å². The smallest absolute Gasteiger partial charge is 0.206 e. The summed E-state index contributed by atoms with van der Waals surface area (Å²) in [6.45, 7) is 4.32. The van der Waals surface area contributed by atoms with Crippen LogP contribution in [0.3, 0.4) is 0 Å². The molecule has 1 fully saturated rings. The lowest BCUT2D eigenvalue weighted by Crippen LogP contribution is -2.08. The van der Waals surface area contributed by atoms with Crippen molar-refractivity contribution in [2.75, 3.05) is 5.32 Å². The Labute approximate surface area is 158 Å². The molecule has 0 bridgehead atoms. The molecule has 1 unspecified atom stereocenters. The van der Waals surface area contributed by atoms with E-state index in [0.717, 1.165) is 37.5 Å². The van der Waals surface area contributed by atoms with Gasteiger partial charge in [-0.25, -0.2) is 9.97 Å². The Morgan fingerprint density at radius 2 is 2.00 bits per heavy atom. The van der Waals surface area contributed by atoms with Crippen LogP contribution in [0.4, 0.5) is 5.13 Å². The number of hydrogen-bond acceptors (Lipinski definition) is 8. The van der Waals surface area contributed by atoms with Gasteiger partial charge in [-0.1, -0.05) is 18.3 Å². The molecule has 1 N–H and O–H groups in total. The van der Waals surface area contributed by atoms with Crippen LogP contribution in [0.1, 0.15) is 42.5 Å². The van der Waals surface area contributed by atoms with Crippen LogP contribution in [-0.2, 0) is 12.8 Å². The topological polar surface area (TPSA) is 63.6 Å². The maximum Gasteiger partial charge on any atom is 0.206 e. The third kappa shape index (κ3) is 3.15. The van der Waals surface area contributed by atoms with Crippen molar-refractivity contribution in [3.05, 3.63) is 16.3 Å². The first-order chi connectivity index (χ1) is 12.2. The molecular weight excluding hydrogens is 370 g/mol. The zero-order valence-electron chi connectivity index (χ0n) is 14.2. The van der Waals surface area contributed by atoms with Gasteiger partial charge < -0.3 is 5.32 Å². The fourth-order valence-electron chi connectivity index (χ4n) is 3.28. The van der Waals surface area contributed by atoms with E-state index in [1.807, 2.05) is 18.3 Å². The molecule has 1 atom stereocenters. The second-order valence-electron chi connectivity index (χ2n) is 7.00. The van der Waals surface area contributed by atoms with Crippen LogP contribution in [0, 0.1) is 12.8 Å². The van der Waals surface area contributed by atoms with Gasteiger partial charge in [0.25, 0.3) is 0 Å². The van der Waals surface area contributed by atoms with Crippen LogP contribution in [0.15, 0.2) is 9.37 Å². The lowest BCUT2D eigenvalue weighted by molar-refractivity contribution is 0.509. The molecule has 0 spiro atoms. The number of thiophene rings is 1. The maximum absolute atomic E-state index is 4.76. The average Bonchev–Trinajstić information content (AvgIpc) is 3.14. The van der Waals surface area contributed by atoms with Crippen LogP contribution in [0.2, 0.25) is 0 Å². The van der Waals surface area contributed by atoms with Crippen LogP contribution < -0.4 is 5.32 Å². The molecule has 5 nitrogen and oxygen atoms in total. The Hall–Kier alpha value is -1.25. The predicted octanol–water partition coefficient (Wildman–Crippen LogP) is 4.70. The van der Waals surface area contributed by atoms with Crippen molar-refractivity contribution in [2.24, 2.45) is 5.92 Å². The van der Waals surface area contributed by atoms with Crippen LogP contribution in [0.5, 0.6) is 0 Å². The van der Waals surface area contributed by atoms with E-state index >= 15 is 0 Å². The monoisotopic (exact) mass is 389 g/mol. The number of hydrogen-bond donors (Lipinski definition) is 1. The number of rotatable bonds is 4. The Kier molecular flexibility index (Phi) is 3.94. The molecule has 0 aromatic carbocycles. The second kappa shape index (κ2) is 6.17. The van der Waals surface area contributed by atoms with Gasteiger partial charge in [0.1, 0.15) is 15.7 Å². The lowest BCUT2D eigenvalue weighted by atomic mass is 9.89. The van der Waals surface area contributed by atoms with E-state index < -0.39 is 0 Å². The largest absolute Gasteiger partial charge is 0.357 e. The van der Waals surface area contributed by atoms with E-state index in [-0.39, 0.29) is 0 Å². The summed E-state index contributed by atoms with van der Waals surface area (Å²) in [5, 5.41) is 15.3. The Bertz CT molecular complexity index is 943. The van der Waals surface area contributed by atoms with Gasteiger partial charge in [-0.2, -0.15) is 0 Å². The molecule has 2 aliphatic rings. The average molecular weight is 390 g/mol. The number of aromatic nitrogens is 4. The highest BCUT2D eigenvalue weighted by Crippen LogP contribution is 2.43. The van der Waals surface area contributed by atoms with Gasteiger partial charge >= 0.3 is 0 Å². The number of nitrogens with one attached hydrogen (secondary N) is 1. The van der Waals surface area contributed by atoms with E-state index in [1.165, 1.54) is 41.5 Å². The normalized spacial score (nSPS) is 20.0. The first-order valence-electron chi connectivity index (χ1n) is 8.72. The SMILES string of the molecule is Cc1nc(Sc2nnc(NC3CC3)s2)c2c3c(sc2n1)CC(C)CC3. The van der Waals surface area contributed by atoms with Crippen molar-refractivity contribution in [2.45, 2.75) is 61.4 Å². The van der Waals surface area contributed by atoms with Gasteiger partial charge in [0.15, 0.2) is 4.34 Å². The molecule has 5 rings (SSSR count). The molecule has 2 aliphatic carbocycles. The molecule has 0 amide bonds. The first kappa shape index (κ1) is 16.0. The van der Waals surface area contributed by atoms with Crippen molar-refractivity contribution >= 4 is 49.8 Å². The molecule has 3 aromatic rings. The zero-order chi connectivity index (χ0) is 17.0. The lowest BCUT2D eigenvalue weighted by Gasteiger charge is -2.18. The van der Waals surface area contributed by atoms with E-state index in [2.05, 4.69) is 22.4 Å². The molecule has 25 heavy (non-hydrogen) atoms. The second-order valence-corrected chi connectivity index (χ2v) is 10.3. The minimum atomic E-state index is 0.602. The molecule has 1 saturated carbocycles. The summed E-state index contributed by atoms with van der Waals surface area (Å²) in [4.78, 5) is 12.1. The predicted molar refractivity (Wildman–Crippen MR) is 104 cm³/mol. The highest BCUT2D eigenvalue weighted by Gasteiger charge is 2.25. The van der Waals surface area contributed by atoms with Crippen LogP contribution in [-0.4, -0.2) is 26.2 Å². The maximum atomic E-state index is 4.76. The van der Waals surface area contributed by atoms with Gasteiger partial charge in [0.2, 0.25) is 5.13 Å². The fourth-order valence-corrected chi connectivity index (χ4v) is 6.71. The summed E-state index contributed by atoms with van der Waals surface area (Å²) in [5.41, 5.74) is 1.47. The highest BCUT2D eigenvalue weighted by atomic mass is 32.2. The van der Waals surface area contributed by atoms with E-state index in [4.69, 9.17) is 9.97 Å². The van der Waals surface area contributed by atoms with Crippen molar-refractivity contribution < 1.29 is 0 Å². The number of fused-ring (bicyclic) bond motifs is 3. The first-order valence-corrected chi connectivity index (χ1v) is 11.2. The van der Waals surface area contributed by atoms with Gasteiger partial charge in [-0.15, -0.1) is 21.5 Å². The van der Waals surface area contributed by atoms with Crippen molar-refractivity contribution in [3.63, 3.8) is 0 Å². The molecule has 3 heterocycles. The molecule has 0 radical (unpaired) electrons. The molecule has 130 valence electrons. The molecule has 3 aromatic heterocycles. The minimum absolute atomic E-state index is 0.602. The summed E-state index contributed by atoms with van der Waals surface area (Å²) in [6, 6.07) is 0.602. The van der Waals surface area contributed by atoms with Gasteiger partial charge in [0.05, 0.1) is 0 Å². The summed E-state index contributed by atoms with van der Waals surface area (Å²) >= 11 is 5.12. The highest BCUT2D eigenvalue weighted by molar-refractivity contribution is 8.01. The Balaban J connectivity index is 1.52. The number of nitrogens with zero attached hydrogens (tertiary/aromatic N) is 4. The Morgan fingerprint density at radius 1 is 1.12 bits per heavy atom. The van der Waals surface area contributed by atoms with Crippen LogP contribution in [0.25, 0.3) is 10.2 Å². The zero-order valence-corrected chi connectivity index (χ0v) is 16.7. The molecule has 8 heteroatoms. The third-order valence-electron chi connectivity index (χ3n) is 4.73. The molecule has 0 aliphatic heterocycles. The quantitative estimate of drug-likeness (QED) is 0.653. The number of anilines is 1. The Morgan fingerprint density at radius 3 is 2.84 bits per heavy atom. The minimum Gasteiger partial charge on any atom is -0.357 e. The van der Waals surface area contributed by atoms with E-state index in [0.29, 0.717) is 6.04 Å². The molecule has 0 saturated heterocycles. The van der Waals surface area contributed by atoms with Crippen molar-refractivity contribution in [3.8, 4) is 0 Å². The van der Waals surface area contributed by atoms with Gasteiger partial charge in [-0.05, 0) is 62.3 Å². The third-order valence-corrected chi connectivity index (χ3v) is 7.77. The fraction of sp³-hybridized carbons (Fsp3) is 0.529. The summed E-state index contributed by atoms with van der Waals surface area (Å²) in [7, 11) is 0. The van der Waals surface area contributed by atoms with Crippen LogP contribution >= 0.6 is 34.4 Å². The summed E-state index contributed by atoms with van der Waals surface area (Å²) < 4.78 is 0.951. The van der Waals surface area contributed by atoms with Gasteiger partial charge in [0, 0.05) is 16.3 Å². The van der Waals surface area contributed by atoms with Gasteiger partial charge in [-0.3, -0.25) is 0 Å². The van der Waals surface area contributed by atoms with Crippen molar-refractivity contribution in [1.82, 2.24) is 20.2 Å². The molecular formula is C17H19N5S3. The number of aryl methyl sites for hydroxylation is 2. The standard InChI is InChI=1S/C17H19N5S3/c1-8-3-6-11-12(7-8)23-14-13(11)15(19-9(2)18-14)24-17-22-21-16(25-17)20-10-4-5-10/h8,10H,3-7H2,1-2H3,(H,20,21). The van der Waals surface area contributed by atoms with E-state index in [9.17, 15) is 0 Å². The van der Waals surface area contributed by atoms with E-state index in [1.54, 1.807) is 23.1 Å². The summed E-state index contributed by atoms with van der Waals surface area (Å²) in [6.07, 6.45) is 6.06. The summed E-state index contributed by atoms with van der Waals surface area (Å²) in [5.74, 6) is 1.60.